The van der Waals surface area contributed by atoms with Gasteiger partial charge < -0.3 is 15.2 Å². The molecule has 2 N–H and O–H groups in total. The molecule has 0 heterocycles. The minimum Gasteiger partial charge on any atom is -0.496 e. The predicted molar refractivity (Wildman–Crippen MR) is 125 cm³/mol. The van der Waals surface area contributed by atoms with E-state index in [4.69, 9.17) is 15.2 Å². The third-order valence-electron chi connectivity index (χ3n) is 6.88. The largest absolute Gasteiger partial charge is 0.496 e. The Balaban J connectivity index is 2.00. The van der Waals surface area contributed by atoms with Crippen LogP contribution in [0.4, 0.5) is 0 Å². The number of ether oxygens (including phenoxy) is 2. The van der Waals surface area contributed by atoms with Crippen LogP contribution >= 0.6 is 0 Å². The maximum atomic E-state index is 6.92. The SMILES string of the molecule is CC[C@@H](C)Cc1c(OC)cc2ccccc2c1C1C2C=CC=CC2=CC(OC)C1N. The van der Waals surface area contributed by atoms with E-state index in [-0.39, 0.29) is 24.0 Å². The van der Waals surface area contributed by atoms with E-state index in [1.807, 2.05) is 0 Å². The van der Waals surface area contributed by atoms with E-state index in [0.717, 1.165) is 18.6 Å². The van der Waals surface area contributed by atoms with Gasteiger partial charge in [0.25, 0.3) is 0 Å². The van der Waals surface area contributed by atoms with Crippen molar-refractivity contribution in [3.8, 4) is 5.75 Å². The molecule has 30 heavy (non-hydrogen) atoms. The molecule has 2 aromatic rings. The van der Waals surface area contributed by atoms with Gasteiger partial charge in [-0.15, -0.1) is 0 Å². The fraction of sp³-hybridized carbons (Fsp3) is 0.407. The maximum Gasteiger partial charge on any atom is 0.122 e. The first-order chi connectivity index (χ1) is 14.6. The third kappa shape index (κ3) is 3.61. The second-order valence-electron chi connectivity index (χ2n) is 8.65. The van der Waals surface area contributed by atoms with E-state index in [1.54, 1.807) is 14.2 Å². The van der Waals surface area contributed by atoms with Gasteiger partial charge in [-0.3, -0.25) is 0 Å². The Morgan fingerprint density at radius 2 is 1.93 bits per heavy atom. The van der Waals surface area contributed by atoms with Crippen molar-refractivity contribution >= 4 is 10.8 Å². The van der Waals surface area contributed by atoms with Crippen molar-refractivity contribution < 1.29 is 9.47 Å². The van der Waals surface area contributed by atoms with Gasteiger partial charge in [-0.05, 0) is 45.9 Å². The Bertz CT molecular complexity index is 1000. The Kier molecular flexibility index (Phi) is 6.12. The first-order valence-electron chi connectivity index (χ1n) is 11.0. The molecule has 3 heteroatoms. The first kappa shape index (κ1) is 20.9. The zero-order chi connectivity index (χ0) is 21.3. The number of rotatable bonds is 6. The van der Waals surface area contributed by atoms with Crippen molar-refractivity contribution in [2.75, 3.05) is 14.2 Å². The Labute approximate surface area is 180 Å². The number of benzene rings is 2. The van der Waals surface area contributed by atoms with Crippen LogP contribution in [0.15, 0.2) is 66.3 Å². The Morgan fingerprint density at radius 1 is 1.13 bits per heavy atom. The molecule has 0 bridgehead atoms. The molecule has 2 aromatic carbocycles. The van der Waals surface area contributed by atoms with Gasteiger partial charge in [-0.2, -0.15) is 0 Å². The maximum absolute atomic E-state index is 6.92. The minimum absolute atomic E-state index is 0.112. The molecule has 0 radical (unpaired) electrons. The summed E-state index contributed by atoms with van der Waals surface area (Å²) in [6.45, 7) is 4.56. The summed E-state index contributed by atoms with van der Waals surface area (Å²) in [5.74, 6) is 1.89. The highest BCUT2D eigenvalue weighted by Gasteiger charge is 2.40. The molecule has 0 aromatic heterocycles. The molecule has 0 amide bonds. The van der Waals surface area contributed by atoms with Crippen LogP contribution in [0.2, 0.25) is 0 Å². The van der Waals surface area contributed by atoms with Gasteiger partial charge in [0.2, 0.25) is 0 Å². The predicted octanol–water partition coefficient (Wildman–Crippen LogP) is 5.55. The summed E-state index contributed by atoms with van der Waals surface area (Å²) < 4.78 is 11.8. The summed E-state index contributed by atoms with van der Waals surface area (Å²) in [5.41, 5.74) is 10.8. The molecular weight excluding hydrogens is 370 g/mol. The monoisotopic (exact) mass is 403 g/mol. The molecule has 0 spiro atoms. The van der Waals surface area contributed by atoms with Gasteiger partial charge in [0, 0.05) is 25.0 Å². The van der Waals surface area contributed by atoms with Crippen molar-refractivity contribution in [2.45, 2.75) is 44.8 Å². The van der Waals surface area contributed by atoms with Crippen LogP contribution in [0.5, 0.6) is 5.75 Å². The van der Waals surface area contributed by atoms with Gasteiger partial charge in [0.1, 0.15) is 5.75 Å². The van der Waals surface area contributed by atoms with E-state index in [9.17, 15) is 0 Å². The standard InChI is InChI=1S/C27H33NO2/c1-5-17(2)14-22-23(29-3)15-18-10-6-8-12-20(18)25(22)26-21-13-9-7-11-19(21)16-24(30-4)27(26)28/h6-13,15-17,21,24,26-27H,5,14,28H2,1-4H3/t17-,21?,24?,26?,27?/m1/s1. The molecule has 0 aliphatic heterocycles. The molecule has 4 rings (SSSR count). The number of nitrogens with two attached hydrogens (primary N) is 1. The van der Waals surface area contributed by atoms with E-state index in [1.165, 1.54) is 27.5 Å². The zero-order valence-electron chi connectivity index (χ0n) is 18.5. The second-order valence-corrected chi connectivity index (χ2v) is 8.65. The summed E-state index contributed by atoms with van der Waals surface area (Å²) >= 11 is 0. The van der Waals surface area contributed by atoms with Crippen LogP contribution in [-0.4, -0.2) is 26.4 Å². The van der Waals surface area contributed by atoms with Crippen molar-refractivity contribution in [3.05, 3.63) is 77.4 Å². The lowest BCUT2D eigenvalue weighted by Gasteiger charge is -2.41. The van der Waals surface area contributed by atoms with E-state index in [0.29, 0.717) is 5.92 Å². The summed E-state index contributed by atoms with van der Waals surface area (Å²) in [6, 6.07) is 10.7. The topological polar surface area (TPSA) is 44.5 Å². The van der Waals surface area contributed by atoms with Gasteiger partial charge in [-0.1, -0.05) is 74.9 Å². The zero-order valence-corrected chi connectivity index (χ0v) is 18.5. The van der Waals surface area contributed by atoms with Crippen LogP contribution in [0.1, 0.15) is 37.3 Å². The van der Waals surface area contributed by atoms with E-state index in [2.05, 4.69) is 74.6 Å². The van der Waals surface area contributed by atoms with Crippen LogP contribution in [-0.2, 0) is 11.2 Å². The lowest BCUT2D eigenvalue weighted by molar-refractivity contribution is 0.0975. The number of hydrogen-bond acceptors (Lipinski definition) is 3. The normalized spacial score (nSPS) is 26.4. The minimum atomic E-state index is -0.133. The Morgan fingerprint density at radius 3 is 2.67 bits per heavy atom. The molecule has 158 valence electrons. The van der Waals surface area contributed by atoms with Gasteiger partial charge in [0.15, 0.2) is 0 Å². The van der Waals surface area contributed by atoms with Crippen molar-refractivity contribution in [3.63, 3.8) is 0 Å². The summed E-state index contributed by atoms with van der Waals surface area (Å²) in [7, 11) is 3.53. The second kappa shape index (κ2) is 8.79. The summed E-state index contributed by atoms with van der Waals surface area (Å²) in [4.78, 5) is 0. The van der Waals surface area contributed by atoms with Crippen molar-refractivity contribution in [2.24, 2.45) is 17.6 Å². The fourth-order valence-corrected chi connectivity index (χ4v) is 5.07. The molecule has 3 nitrogen and oxygen atoms in total. The lowest BCUT2D eigenvalue weighted by Crippen LogP contribution is -2.46. The van der Waals surface area contributed by atoms with Gasteiger partial charge >= 0.3 is 0 Å². The fourth-order valence-electron chi connectivity index (χ4n) is 5.07. The molecule has 2 aliphatic rings. The molecule has 2 aliphatic carbocycles. The quantitative estimate of drug-likeness (QED) is 0.688. The van der Waals surface area contributed by atoms with Crippen LogP contribution in [0, 0.1) is 11.8 Å². The average molecular weight is 404 g/mol. The number of fused-ring (bicyclic) bond motifs is 2. The highest BCUT2D eigenvalue weighted by atomic mass is 16.5. The summed E-state index contributed by atoms with van der Waals surface area (Å²) in [6.07, 6.45) is 12.9. The summed E-state index contributed by atoms with van der Waals surface area (Å²) in [5, 5.41) is 2.47. The molecule has 0 fully saturated rings. The lowest BCUT2D eigenvalue weighted by atomic mass is 9.67. The van der Waals surface area contributed by atoms with Crippen LogP contribution < -0.4 is 10.5 Å². The van der Waals surface area contributed by atoms with Crippen LogP contribution in [0.25, 0.3) is 10.8 Å². The molecule has 4 unspecified atom stereocenters. The average Bonchev–Trinajstić information content (AvgIpc) is 2.78. The van der Waals surface area contributed by atoms with Crippen molar-refractivity contribution in [1.29, 1.82) is 0 Å². The van der Waals surface area contributed by atoms with E-state index >= 15 is 0 Å². The highest BCUT2D eigenvalue weighted by Crippen LogP contribution is 2.47. The molecule has 0 saturated carbocycles. The van der Waals surface area contributed by atoms with Gasteiger partial charge in [0.05, 0.1) is 13.2 Å². The third-order valence-corrected chi connectivity index (χ3v) is 6.88. The van der Waals surface area contributed by atoms with Gasteiger partial charge in [-0.25, -0.2) is 0 Å². The van der Waals surface area contributed by atoms with Crippen molar-refractivity contribution in [1.82, 2.24) is 0 Å². The molecule has 0 saturated heterocycles. The Hall–Kier alpha value is -2.36. The highest BCUT2D eigenvalue weighted by molar-refractivity contribution is 5.89. The number of allylic oxidation sites excluding steroid dienone is 5. The smallest absolute Gasteiger partial charge is 0.122 e. The molecular formula is C27H33NO2. The number of methoxy groups -OCH3 is 2. The van der Waals surface area contributed by atoms with E-state index < -0.39 is 0 Å². The molecule has 5 atom stereocenters. The van der Waals surface area contributed by atoms with Crippen LogP contribution in [0.3, 0.4) is 0 Å². The number of hydrogen-bond donors (Lipinski definition) is 1. The first-order valence-corrected chi connectivity index (χ1v) is 11.0.